The van der Waals surface area contributed by atoms with Crippen LogP contribution in [0.3, 0.4) is 0 Å². The third kappa shape index (κ3) is 2.14. The lowest BCUT2D eigenvalue weighted by molar-refractivity contribution is 0.0962. The minimum Gasteiger partial charge on any atom is -0.304 e. The van der Waals surface area contributed by atoms with Crippen molar-refractivity contribution in [1.29, 1.82) is 0 Å². The summed E-state index contributed by atoms with van der Waals surface area (Å²) in [5.41, 5.74) is 3.93. The molecule has 0 aromatic heterocycles. The van der Waals surface area contributed by atoms with E-state index in [1.54, 1.807) is 0 Å². The molecule has 0 heterocycles. The standard InChI is InChI=1S/C12H19NO/c1-9-6-5-7-11(10(9)2)12(3,4)8-14-13/h5-7H,8,13H2,1-4H3. The van der Waals surface area contributed by atoms with Crippen molar-refractivity contribution >= 4 is 0 Å². The van der Waals surface area contributed by atoms with Crippen LogP contribution < -0.4 is 5.90 Å². The second-order valence-electron chi connectivity index (χ2n) is 4.44. The Morgan fingerprint density at radius 3 is 2.50 bits per heavy atom. The van der Waals surface area contributed by atoms with Gasteiger partial charge in [0.2, 0.25) is 0 Å². The number of rotatable bonds is 3. The normalized spacial score (nSPS) is 11.8. The Kier molecular flexibility index (Phi) is 3.29. The number of hydrogen-bond acceptors (Lipinski definition) is 2. The van der Waals surface area contributed by atoms with Crippen molar-refractivity contribution in [2.24, 2.45) is 5.90 Å². The van der Waals surface area contributed by atoms with E-state index in [1.165, 1.54) is 16.7 Å². The van der Waals surface area contributed by atoms with Gasteiger partial charge in [0.15, 0.2) is 0 Å². The van der Waals surface area contributed by atoms with Gasteiger partial charge in [-0.25, -0.2) is 5.90 Å². The maximum Gasteiger partial charge on any atom is 0.0770 e. The van der Waals surface area contributed by atoms with Gasteiger partial charge < -0.3 is 4.84 Å². The van der Waals surface area contributed by atoms with Gasteiger partial charge in [-0.2, -0.15) is 0 Å². The lowest BCUT2D eigenvalue weighted by Crippen LogP contribution is -2.27. The van der Waals surface area contributed by atoms with Crippen LogP contribution in [0.5, 0.6) is 0 Å². The molecule has 0 radical (unpaired) electrons. The summed E-state index contributed by atoms with van der Waals surface area (Å²) in [6.07, 6.45) is 0. The topological polar surface area (TPSA) is 35.2 Å². The lowest BCUT2D eigenvalue weighted by atomic mass is 9.82. The molecule has 0 saturated heterocycles. The van der Waals surface area contributed by atoms with E-state index in [4.69, 9.17) is 10.7 Å². The zero-order valence-corrected chi connectivity index (χ0v) is 9.42. The van der Waals surface area contributed by atoms with E-state index < -0.39 is 0 Å². The van der Waals surface area contributed by atoms with Gasteiger partial charge in [-0.1, -0.05) is 32.0 Å². The number of aryl methyl sites for hydroxylation is 1. The molecular formula is C12H19NO. The van der Waals surface area contributed by atoms with Gasteiger partial charge in [0.05, 0.1) is 6.61 Å². The summed E-state index contributed by atoms with van der Waals surface area (Å²) in [6, 6.07) is 6.34. The molecule has 2 nitrogen and oxygen atoms in total. The summed E-state index contributed by atoms with van der Waals surface area (Å²) in [7, 11) is 0. The summed E-state index contributed by atoms with van der Waals surface area (Å²) in [4.78, 5) is 4.76. The van der Waals surface area contributed by atoms with E-state index >= 15 is 0 Å². The molecule has 0 amide bonds. The Balaban J connectivity index is 3.12. The van der Waals surface area contributed by atoms with Gasteiger partial charge in [-0.3, -0.25) is 0 Å². The minimum absolute atomic E-state index is 0.0230. The van der Waals surface area contributed by atoms with Crippen molar-refractivity contribution in [3.8, 4) is 0 Å². The third-order valence-corrected chi connectivity index (χ3v) is 2.78. The summed E-state index contributed by atoms with van der Waals surface area (Å²) >= 11 is 0. The average Bonchev–Trinajstić information content (AvgIpc) is 2.09. The number of benzene rings is 1. The highest BCUT2D eigenvalue weighted by Gasteiger charge is 2.22. The Labute approximate surface area is 86.0 Å². The van der Waals surface area contributed by atoms with Crippen LogP contribution in [0.2, 0.25) is 0 Å². The van der Waals surface area contributed by atoms with E-state index in [0.29, 0.717) is 6.61 Å². The van der Waals surface area contributed by atoms with Crippen molar-refractivity contribution in [2.75, 3.05) is 6.61 Å². The lowest BCUT2D eigenvalue weighted by Gasteiger charge is -2.26. The first-order chi connectivity index (χ1) is 6.49. The molecule has 14 heavy (non-hydrogen) atoms. The van der Waals surface area contributed by atoms with Crippen molar-refractivity contribution in [3.05, 3.63) is 34.9 Å². The van der Waals surface area contributed by atoms with Crippen LogP contribution in [0.4, 0.5) is 0 Å². The van der Waals surface area contributed by atoms with Crippen molar-refractivity contribution in [1.82, 2.24) is 0 Å². The molecule has 0 aliphatic rings. The molecule has 1 rings (SSSR count). The van der Waals surface area contributed by atoms with Gasteiger partial charge in [0.1, 0.15) is 0 Å². The first-order valence-electron chi connectivity index (χ1n) is 4.87. The molecule has 0 spiro atoms. The molecule has 0 saturated carbocycles. The average molecular weight is 193 g/mol. The second-order valence-corrected chi connectivity index (χ2v) is 4.44. The van der Waals surface area contributed by atoms with Crippen LogP contribution in [-0.2, 0) is 10.3 Å². The number of nitrogens with two attached hydrogens (primary N) is 1. The van der Waals surface area contributed by atoms with E-state index in [-0.39, 0.29) is 5.41 Å². The highest BCUT2D eigenvalue weighted by Crippen LogP contribution is 2.27. The molecule has 0 aliphatic heterocycles. The predicted octanol–water partition coefficient (Wildman–Crippen LogP) is 2.47. The molecule has 0 unspecified atom stereocenters. The highest BCUT2D eigenvalue weighted by molar-refractivity contribution is 5.37. The molecule has 0 bridgehead atoms. The van der Waals surface area contributed by atoms with Gasteiger partial charge >= 0.3 is 0 Å². The largest absolute Gasteiger partial charge is 0.304 e. The molecule has 78 valence electrons. The van der Waals surface area contributed by atoms with Crippen LogP contribution in [0, 0.1) is 13.8 Å². The summed E-state index contributed by atoms with van der Waals surface area (Å²) in [5.74, 6) is 5.14. The maximum absolute atomic E-state index is 5.14. The van der Waals surface area contributed by atoms with Gasteiger partial charge in [-0.05, 0) is 30.5 Å². The molecule has 1 aromatic carbocycles. The Hall–Kier alpha value is -0.860. The van der Waals surface area contributed by atoms with Crippen LogP contribution in [0.15, 0.2) is 18.2 Å². The van der Waals surface area contributed by atoms with Crippen LogP contribution in [0.25, 0.3) is 0 Å². The smallest absolute Gasteiger partial charge is 0.0770 e. The van der Waals surface area contributed by atoms with Gasteiger partial charge in [0, 0.05) is 5.41 Å². The SMILES string of the molecule is Cc1cccc(C(C)(C)CON)c1C. The monoisotopic (exact) mass is 193 g/mol. The molecule has 0 aliphatic carbocycles. The summed E-state index contributed by atoms with van der Waals surface area (Å²) in [6.45, 7) is 9.09. The fraction of sp³-hybridized carbons (Fsp3) is 0.500. The van der Waals surface area contributed by atoms with E-state index in [1.807, 2.05) is 0 Å². The highest BCUT2D eigenvalue weighted by atomic mass is 16.6. The molecule has 2 heteroatoms. The fourth-order valence-corrected chi connectivity index (χ4v) is 1.77. The zero-order valence-electron chi connectivity index (χ0n) is 9.42. The van der Waals surface area contributed by atoms with E-state index in [2.05, 4.69) is 45.9 Å². The summed E-state index contributed by atoms with van der Waals surface area (Å²) in [5, 5.41) is 0. The van der Waals surface area contributed by atoms with Gasteiger partial charge in [0.25, 0.3) is 0 Å². The van der Waals surface area contributed by atoms with Crippen molar-refractivity contribution in [3.63, 3.8) is 0 Å². The van der Waals surface area contributed by atoms with E-state index in [9.17, 15) is 0 Å². The molecule has 2 N–H and O–H groups in total. The van der Waals surface area contributed by atoms with Crippen LogP contribution in [0.1, 0.15) is 30.5 Å². The Morgan fingerprint density at radius 2 is 1.93 bits per heavy atom. The molecule has 0 fully saturated rings. The number of hydrogen-bond donors (Lipinski definition) is 1. The third-order valence-electron chi connectivity index (χ3n) is 2.78. The first-order valence-corrected chi connectivity index (χ1v) is 4.87. The minimum atomic E-state index is -0.0230. The first kappa shape index (κ1) is 11.2. The van der Waals surface area contributed by atoms with Crippen LogP contribution >= 0.6 is 0 Å². The molecule has 1 aromatic rings. The van der Waals surface area contributed by atoms with Crippen LogP contribution in [-0.4, -0.2) is 6.61 Å². The van der Waals surface area contributed by atoms with Gasteiger partial charge in [-0.15, -0.1) is 0 Å². The maximum atomic E-state index is 5.14. The summed E-state index contributed by atoms with van der Waals surface area (Å²) < 4.78 is 0. The van der Waals surface area contributed by atoms with Crippen molar-refractivity contribution < 1.29 is 4.84 Å². The predicted molar refractivity (Wildman–Crippen MR) is 59.1 cm³/mol. The second kappa shape index (κ2) is 4.11. The quantitative estimate of drug-likeness (QED) is 0.748. The Bertz CT molecular complexity index is 318. The molecular weight excluding hydrogens is 174 g/mol. The fourth-order valence-electron chi connectivity index (χ4n) is 1.77. The molecule has 0 atom stereocenters. The zero-order chi connectivity index (χ0) is 10.8. The Morgan fingerprint density at radius 1 is 1.29 bits per heavy atom. The van der Waals surface area contributed by atoms with Crippen molar-refractivity contribution in [2.45, 2.75) is 33.1 Å². The van der Waals surface area contributed by atoms with E-state index in [0.717, 1.165) is 0 Å².